The van der Waals surface area contributed by atoms with Crippen LogP contribution in [0.1, 0.15) is 32.6 Å². The van der Waals surface area contributed by atoms with Crippen molar-refractivity contribution in [2.45, 2.75) is 12.8 Å². The zero-order valence-corrected chi connectivity index (χ0v) is 15.0. The molecule has 5 nitrogen and oxygen atoms in total. The van der Waals surface area contributed by atoms with Crippen molar-refractivity contribution >= 4 is 17.4 Å². The molecule has 0 bridgehead atoms. The lowest BCUT2D eigenvalue weighted by Crippen LogP contribution is -2.15. The van der Waals surface area contributed by atoms with E-state index in [1.54, 1.807) is 30.5 Å². The third-order valence-corrected chi connectivity index (χ3v) is 4.67. The van der Waals surface area contributed by atoms with Crippen molar-refractivity contribution in [1.29, 1.82) is 5.26 Å². The molecule has 0 radical (unpaired) electrons. The first-order chi connectivity index (χ1) is 13.6. The van der Waals surface area contributed by atoms with E-state index in [2.05, 4.69) is 15.6 Å². The average Bonchev–Trinajstić information content (AvgIpc) is 3.16. The van der Waals surface area contributed by atoms with Crippen molar-refractivity contribution in [3.63, 3.8) is 0 Å². The normalized spacial score (nSPS) is 12.0. The van der Waals surface area contributed by atoms with Gasteiger partial charge in [0.1, 0.15) is 11.6 Å². The van der Waals surface area contributed by atoms with Crippen LogP contribution in [0.25, 0.3) is 0 Å². The van der Waals surface area contributed by atoms with Gasteiger partial charge in [0.15, 0.2) is 0 Å². The van der Waals surface area contributed by atoms with Crippen LogP contribution < -0.4 is 10.6 Å². The smallest absolute Gasteiger partial charge is 0.257 e. The molecule has 6 heteroatoms. The molecule has 2 heterocycles. The molecule has 4 rings (SSSR count). The van der Waals surface area contributed by atoms with Crippen molar-refractivity contribution in [2.24, 2.45) is 0 Å². The lowest BCUT2D eigenvalue weighted by atomic mass is 10.0. The van der Waals surface area contributed by atoms with Gasteiger partial charge in [0.25, 0.3) is 5.91 Å². The van der Waals surface area contributed by atoms with Crippen LogP contribution in [0.5, 0.6) is 0 Å². The Hall–Kier alpha value is -3.72. The minimum Gasteiger partial charge on any atom is -0.384 e. The van der Waals surface area contributed by atoms with Crippen LogP contribution in [0.4, 0.5) is 15.9 Å². The third kappa shape index (κ3) is 3.69. The highest BCUT2D eigenvalue weighted by Crippen LogP contribution is 2.26. The number of aromatic nitrogens is 1. The number of hydrogen-bond donors (Lipinski definition) is 2. The van der Waals surface area contributed by atoms with Crippen LogP contribution in [-0.2, 0) is 12.8 Å². The van der Waals surface area contributed by atoms with Crippen LogP contribution in [0.2, 0.25) is 0 Å². The summed E-state index contributed by atoms with van der Waals surface area (Å²) in [5.74, 6) is -0.214. The van der Waals surface area contributed by atoms with Crippen LogP contribution in [0.15, 0.2) is 54.7 Å². The van der Waals surface area contributed by atoms with Gasteiger partial charge in [0, 0.05) is 24.0 Å². The summed E-state index contributed by atoms with van der Waals surface area (Å²) in [5.41, 5.74) is 4.48. The summed E-state index contributed by atoms with van der Waals surface area (Å²) in [6, 6.07) is 15.4. The maximum atomic E-state index is 13.6. The molecule has 0 atom stereocenters. The lowest BCUT2D eigenvalue weighted by Gasteiger charge is -2.10. The number of carbonyl (C=O) groups is 1. The number of amides is 1. The first-order valence-corrected chi connectivity index (χ1v) is 8.94. The first kappa shape index (κ1) is 17.7. The molecule has 0 saturated carbocycles. The molecular weight excluding hydrogens is 355 g/mol. The Morgan fingerprint density at radius 2 is 2.11 bits per heavy atom. The molecule has 2 aromatic carbocycles. The molecule has 0 unspecified atom stereocenters. The van der Waals surface area contributed by atoms with Gasteiger partial charge in [-0.2, -0.15) is 5.26 Å². The van der Waals surface area contributed by atoms with Gasteiger partial charge in [-0.25, -0.2) is 9.37 Å². The molecule has 138 valence electrons. The van der Waals surface area contributed by atoms with Gasteiger partial charge in [-0.3, -0.25) is 4.79 Å². The van der Waals surface area contributed by atoms with Gasteiger partial charge in [-0.05, 0) is 72.0 Å². The Bertz CT molecular complexity index is 1100. The highest BCUT2D eigenvalue weighted by Gasteiger charge is 2.18. The predicted octanol–water partition coefficient (Wildman–Crippen LogP) is 3.90. The van der Waals surface area contributed by atoms with Gasteiger partial charge in [0.2, 0.25) is 0 Å². The van der Waals surface area contributed by atoms with Gasteiger partial charge >= 0.3 is 0 Å². The number of nitrogens with zero attached hydrogens (tertiary/aromatic N) is 2. The number of rotatable bonds is 4. The van der Waals surface area contributed by atoms with Gasteiger partial charge in [-0.15, -0.1) is 0 Å². The van der Waals surface area contributed by atoms with Crippen molar-refractivity contribution in [2.75, 3.05) is 17.2 Å². The Morgan fingerprint density at radius 1 is 1.21 bits per heavy atom. The molecule has 0 fully saturated rings. The summed E-state index contributed by atoms with van der Waals surface area (Å²) in [4.78, 5) is 16.9. The van der Waals surface area contributed by atoms with Crippen LogP contribution >= 0.6 is 0 Å². The lowest BCUT2D eigenvalue weighted by molar-refractivity contribution is 0.102. The molecule has 3 aromatic rings. The number of carbonyl (C=O) groups excluding carboxylic acids is 1. The summed E-state index contributed by atoms with van der Waals surface area (Å²) in [6.45, 7) is 0.825. The number of benzene rings is 2. The molecule has 1 aliphatic heterocycles. The van der Waals surface area contributed by atoms with E-state index in [-0.39, 0.29) is 11.5 Å². The average molecular weight is 372 g/mol. The van der Waals surface area contributed by atoms with Gasteiger partial charge in [0.05, 0.1) is 11.6 Å². The van der Waals surface area contributed by atoms with Crippen LogP contribution in [0, 0.1) is 17.1 Å². The van der Waals surface area contributed by atoms with E-state index < -0.39 is 5.82 Å². The summed E-state index contributed by atoms with van der Waals surface area (Å²) in [5, 5.41) is 15.1. The number of pyridine rings is 1. The molecule has 0 spiro atoms. The van der Waals surface area contributed by atoms with Gasteiger partial charge < -0.3 is 10.6 Å². The highest BCUT2D eigenvalue weighted by molar-refractivity contribution is 6.06. The Kier molecular flexibility index (Phi) is 4.73. The van der Waals surface area contributed by atoms with Crippen LogP contribution in [-0.4, -0.2) is 17.4 Å². The number of halogens is 1. The molecule has 0 aliphatic carbocycles. The third-order valence-electron chi connectivity index (χ3n) is 4.67. The van der Waals surface area contributed by atoms with E-state index in [4.69, 9.17) is 5.26 Å². The molecule has 1 aromatic heterocycles. The molecule has 1 amide bonds. The second kappa shape index (κ2) is 7.49. The van der Waals surface area contributed by atoms with E-state index in [0.29, 0.717) is 23.4 Å². The summed E-state index contributed by atoms with van der Waals surface area (Å²) >= 11 is 0. The van der Waals surface area contributed by atoms with Crippen LogP contribution in [0.3, 0.4) is 0 Å². The molecule has 0 saturated heterocycles. The molecule has 2 N–H and O–H groups in total. The van der Waals surface area contributed by atoms with E-state index in [1.165, 1.54) is 12.1 Å². The second-order valence-electron chi connectivity index (χ2n) is 6.65. The Labute approximate surface area is 161 Å². The Balaban J connectivity index is 1.53. The first-order valence-electron chi connectivity index (χ1n) is 8.94. The highest BCUT2D eigenvalue weighted by atomic mass is 19.1. The fraction of sp³-hybridized carbons (Fsp3) is 0.136. The zero-order chi connectivity index (χ0) is 19.5. The SMILES string of the molecule is N#Cc1cc(F)cc(Cc2ccnc(NC(=O)c3cccc4c3CCN4)c2)c1. The van der Waals surface area contributed by atoms with E-state index in [0.717, 1.165) is 29.8 Å². The maximum Gasteiger partial charge on any atom is 0.257 e. The predicted molar refractivity (Wildman–Crippen MR) is 105 cm³/mol. The number of nitrogens with one attached hydrogen (secondary N) is 2. The number of nitriles is 1. The molecule has 1 aliphatic rings. The van der Waals surface area contributed by atoms with Crippen molar-refractivity contribution in [3.05, 3.63) is 88.4 Å². The monoisotopic (exact) mass is 372 g/mol. The minimum atomic E-state index is -0.442. The summed E-state index contributed by atoms with van der Waals surface area (Å²) in [6.07, 6.45) is 2.85. The van der Waals surface area contributed by atoms with E-state index in [9.17, 15) is 9.18 Å². The second-order valence-corrected chi connectivity index (χ2v) is 6.65. The van der Waals surface area contributed by atoms with Gasteiger partial charge in [-0.1, -0.05) is 6.07 Å². The molecule has 28 heavy (non-hydrogen) atoms. The summed E-state index contributed by atoms with van der Waals surface area (Å²) < 4.78 is 13.6. The Morgan fingerprint density at radius 3 is 2.96 bits per heavy atom. The number of fused-ring (bicyclic) bond motifs is 1. The zero-order valence-electron chi connectivity index (χ0n) is 15.0. The number of hydrogen-bond acceptors (Lipinski definition) is 4. The summed E-state index contributed by atoms with van der Waals surface area (Å²) in [7, 11) is 0. The number of anilines is 2. The van der Waals surface area contributed by atoms with Crippen molar-refractivity contribution in [1.82, 2.24) is 4.98 Å². The quantitative estimate of drug-likeness (QED) is 0.728. The van der Waals surface area contributed by atoms with Crippen molar-refractivity contribution < 1.29 is 9.18 Å². The van der Waals surface area contributed by atoms with Crippen molar-refractivity contribution in [3.8, 4) is 6.07 Å². The maximum absolute atomic E-state index is 13.6. The largest absolute Gasteiger partial charge is 0.384 e. The van der Waals surface area contributed by atoms with E-state index >= 15 is 0 Å². The van der Waals surface area contributed by atoms with E-state index in [1.807, 2.05) is 18.2 Å². The fourth-order valence-corrected chi connectivity index (χ4v) is 3.45. The molecular formula is C22H17FN4O. The topological polar surface area (TPSA) is 77.8 Å². The standard InChI is InChI=1S/C22H17FN4O/c23-17-10-15(9-16(11-17)13-24)8-14-4-6-26-21(12-14)27-22(28)19-2-1-3-20-18(19)5-7-25-20/h1-4,6,9-12,25H,5,7-8H2,(H,26,27,28). The minimum absolute atomic E-state index is 0.206. The fourth-order valence-electron chi connectivity index (χ4n) is 3.45.